The van der Waals surface area contributed by atoms with Gasteiger partial charge in [-0.1, -0.05) is 30.3 Å². The summed E-state index contributed by atoms with van der Waals surface area (Å²) in [6.45, 7) is 6.01. The highest BCUT2D eigenvalue weighted by Crippen LogP contribution is 2.34. The van der Waals surface area contributed by atoms with Gasteiger partial charge in [-0.25, -0.2) is 17.2 Å². The highest BCUT2D eigenvalue weighted by molar-refractivity contribution is 7.89. The highest BCUT2D eigenvalue weighted by Gasteiger charge is 2.41. The molecule has 2 aromatic carbocycles. The number of halogens is 2. The third-order valence-electron chi connectivity index (χ3n) is 5.80. The number of sulfonamides is 1. The lowest BCUT2D eigenvalue weighted by Gasteiger charge is -2.21. The van der Waals surface area contributed by atoms with Gasteiger partial charge >= 0.3 is 0 Å². The minimum Gasteiger partial charge on any atom is -0.380 e. The Hall–Kier alpha value is -2.78. The first-order valence-corrected chi connectivity index (χ1v) is 11.9. The molecule has 2 unspecified atom stereocenters. The Labute approximate surface area is 186 Å². The molecule has 1 aliphatic rings. The van der Waals surface area contributed by atoms with Gasteiger partial charge in [0, 0.05) is 49.0 Å². The molecule has 2 heterocycles. The van der Waals surface area contributed by atoms with Gasteiger partial charge in [-0.05, 0) is 38.5 Å². The molecule has 9 heteroatoms. The number of benzene rings is 2. The molecule has 3 aromatic rings. The SMILES string of the molecule is Cc1nn(C(C)C)cc1S(=O)(=O)N1CC(Nc2ccc(F)c(F)c2)C(c2ccccc2)C1. The Morgan fingerprint density at radius 2 is 1.78 bits per heavy atom. The quantitative estimate of drug-likeness (QED) is 0.595. The van der Waals surface area contributed by atoms with Gasteiger partial charge in [-0.3, -0.25) is 4.68 Å². The second-order valence-corrected chi connectivity index (χ2v) is 10.3. The van der Waals surface area contributed by atoms with Crippen LogP contribution in [0.2, 0.25) is 0 Å². The molecular weight excluding hydrogens is 434 g/mol. The Balaban J connectivity index is 1.67. The smallest absolute Gasteiger partial charge is 0.246 e. The Bertz CT molecular complexity index is 1210. The molecule has 0 radical (unpaired) electrons. The van der Waals surface area contributed by atoms with E-state index in [0.29, 0.717) is 11.4 Å². The van der Waals surface area contributed by atoms with Gasteiger partial charge in [0.1, 0.15) is 4.90 Å². The maximum absolute atomic E-state index is 13.7. The van der Waals surface area contributed by atoms with Crippen molar-refractivity contribution >= 4 is 15.7 Å². The molecule has 2 atom stereocenters. The number of aromatic nitrogens is 2. The Morgan fingerprint density at radius 1 is 1.06 bits per heavy atom. The average Bonchev–Trinajstić information content (AvgIpc) is 3.36. The predicted octanol–water partition coefficient (Wildman–Crippen LogP) is 4.32. The summed E-state index contributed by atoms with van der Waals surface area (Å²) in [6.07, 6.45) is 1.57. The van der Waals surface area contributed by atoms with Crippen molar-refractivity contribution in [3.8, 4) is 0 Å². The van der Waals surface area contributed by atoms with Crippen molar-refractivity contribution < 1.29 is 17.2 Å². The van der Waals surface area contributed by atoms with E-state index in [4.69, 9.17) is 0 Å². The topological polar surface area (TPSA) is 67.2 Å². The van der Waals surface area contributed by atoms with E-state index in [2.05, 4.69) is 10.4 Å². The van der Waals surface area contributed by atoms with Crippen molar-refractivity contribution in [1.29, 1.82) is 0 Å². The summed E-state index contributed by atoms with van der Waals surface area (Å²) in [5.74, 6) is -2.05. The lowest BCUT2D eigenvalue weighted by molar-refractivity contribution is 0.470. The van der Waals surface area contributed by atoms with Crippen molar-refractivity contribution in [3.05, 3.63) is 77.6 Å². The van der Waals surface area contributed by atoms with Crippen LogP contribution in [0.15, 0.2) is 59.6 Å². The van der Waals surface area contributed by atoms with Crippen molar-refractivity contribution in [2.75, 3.05) is 18.4 Å². The van der Waals surface area contributed by atoms with Gasteiger partial charge in [0.15, 0.2) is 11.6 Å². The molecule has 32 heavy (non-hydrogen) atoms. The minimum atomic E-state index is -3.79. The lowest BCUT2D eigenvalue weighted by Crippen LogP contribution is -2.32. The van der Waals surface area contributed by atoms with Gasteiger partial charge in [0.25, 0.3) is 0 Å². The van der Waals surface area contributed by atoms with Crippen molar-refractivity contribution in [3.63, 3.8) is 0 Å². The molecule has 0 saturated carbocycles. The summed E-state index contributed by atoms with van der Waals surface area (Å²) >= 11 is 0. The molecule has 1 N–H and O–H groups in total. The van der Waals surface area contributed by atoms with E-state index >= 15 is 0 Å². The third-order valence-corrected chi connectivity index (χ3v) is 7.74. The second-order valence-electron chi connectivity index (χ2n) is 8.37. The molecule has 0 bridgehead atoms. The zero-order chi connectivity index (χ0) is 23.0. The summed E-state index contributed by atoms with van der Waals surface area (Å²) in [5, 5.41) is 7.56. The van der Waals surface area contributed by atoms with E-state index in [-0.39, 0.29) is 36.0 Å². The maximum atomic E-state index is 13.7. The molecule has 1 aromatic heterocycles. The zero-order valence-corrected chi connectivity index (χ0v) is 19.0. The van der Waals surface area contributed by atoms with Crippen LogP contribution >= 0.6 is 0 Å². The Morgan fingerprint density at radius 3 is 2.41 bits per heavy atom. The average molecular weight is 461 g/mol. The van der Waals surface area contributed by atoms with Crippen molar-refractivity contribution in [2.24, 2.45) is 0 Å². The van der Waals surface area contributed by atoms with Crippen LogP contribution in [0.5, 0.6) is 0 Å². The van der Waals surface area contributed by atoms with Gasteiger partial charge < -0.3 is 5.32 Å². The molecular formula is C23H26F2N4O2S. The zero-order valence-electron chi connectivity index (χ0n) is 18.2. The summed E-state index contributed by atoms with van der Waals surface area (Å²) < 4.78 is 57.2. The van der Waals surface area contributed by atoms with Gasteiger partial charge in [0.05, 0.1) is 5.69 Å². The van der Waals surface area contributed by atoms with E-state index in [1.807, 2.05) is 44.2 Å². The third kappa shape index (κ3) is 4.27. The highest BCUT2D eigenvalue weighted by atomic mass is 32.2. The van der Waals surface area contributed by atoms with E-state index in [0.717, 1.165) is 17.7 Å². The van der Waals surface area contributed by atoms with Crippen molar-refractivity contribution in [1.82, 2.24) is 14.1 Å². The molecule has 0 spiro atoms. The molecule has 1 fully saturated rings. The molecule has 1 saturated heterocycles. The van der Waals surface area contributed by atoms with Crippen LogP contribution in [0, 0.1) is 18.6 Å². The summed E-state index contributed by atoms with van der Waals surface area (Å²) in [4.78, 5) is 0.187. The first-order valence-electron chi connectivity index (χ1n) is 10.5. The fourth-order valence-corrected chi connectivity index (χ4v) is 5.72. The van der Waals surface area contributed by atoms with Gasteiger partial charge in [0.2, 0.25) is 10.0 Å². The molecule has 1 aliphatic heterocycles. The van der Waals surface area contributed by atoms with E-state index in [1.165, 1.54) is 10.4 Å². The molecule has 4 rings (SSSR count). The standard InChI is InChI=1S/C23H26F2N4O2S/c1-15(2)29-14-23(16(3)27-29)32(30,31)28-12-19(17-7-5-4-6-8-17)22(13-28)26-18-9-10-20(24)21(25)11-18/h4-11,14-15,19,22,26H,12-13H2,1-3H3. The summed E-state index contributed by atoms with van der Waals surface area (Å²) in [7, 11) is -3.79. The van der Waals surface area contributed by atoms with E-state index < -0.39 is 21.7 Å². The number of nitrogens with zero attached hydrogens (tertiary/aromatic N) is 3. The first kappa shape index (κ1) is 22.4. The fraction of sp³-hybridized carbons (Fsp3) is 0.348. The number of aryl methyl sites for hydroxylation is 1. The van der Waals surface area contributed by atoms with Crippen molar-refractivity contribution in [2.45, 2.75) is 43.7 Å². The number of hydrogen-bond donors (Lipinski definition) is 1. The number of rotatable bonds is 6. The van der Waals surface area contributed by atoms with Gasteiger partial charge in [-0.2, -0.15) is 9.40 Å². The summed E-state index contributed by atoms with van der Waals surface area (Å²) in [5.41, 5.74) is 1.82. The van der Waals surface area contributed by atoms with Gasteiger partial charge in [-0.15, -0.1) is 0 Å². The van der Waals surface area contributed by atoms with E-state index in [1.54, 1.807) is 17.8 Å². The largest absolute Gasteiger partial charge is 0.380 e. The van der Waals surface area contributed by atoms with Crippen LogP contribution in [0.4, 0.5) is 14.5 Å². The molecule has 0 aliphatic carbocycles. The molecule has 0 amide bonds. The second kappa shape index (κ2) is 8.63. The van der Waals surface area contributed by atoms with Crippen LogP contribution in [-0.4, -0.2) is 41.6 Å². The van der Waals surface area contributed by atoms with Crippen LogP contribution < -0.4 is 5.32 Å². The summed E-state index contributed by atoms with van der Waals surface area (Å²) in [6, 6.07) is 12.9. The van der Waals surface area contributed by atoms with Crippen LogP contribution in [-0.2, 0) is 10.0 Å². The molecule has 170 valence electrons. The number of anilines is 1. The lowest BCUT2D eigenvalue weighted by atomic mass is 9.94. The number of hydrogen-bond acceptors (Lipinski definition) is 4. The maximum Gasteiger partial charge on any atom is 0.246 e. The number of nitrogens with one attached hydrogen (secondary N) is 1. The molecule has 6 nitrogen and oxygen atoms in total. The van der Waals surface area contributed by atoms with E-state index in [9.17, 15) is 17.2 Å². The van der Waals surface area contributed by atoms with Crippen LogP contribution in [0.1, 0.15) is 37.1 Å². The van der Waals surface area contributed by atoms with Crippen LogP contribution in [0.3, 0.4) is 0 Å². The monoisotopic (exact) mass is 460 g/mol. The normalized spacial score (nSPS) is 19.6. The Kier molecular flexibility index (Phi) is 6.05. The predicted molar refractivity (Wildman–Crippen MR) is 119 cm³/mol. The minimum absolute atomic E-state index is 0.0380. The fourth-order valence-electron chi connectivity index (χ4n) is 4.07. The van der Waals surface area contributed by atoms with Crippen LogP contribution in [0.25, 0.3) is 0 Å². The first-order chi connectivity index (χ1) is 15.2.